The van der Waals surface area contributed by atoms with E-state index in [0.717, 1.165) is 18.8 Å². The van der Waals surface area contributed by atoms with Gasteiger partial charge in [0.15, 0.2) is 0 Å². The van der Waals surface area contributed by atoms with Gasteiger partial charge < -0.3 is 10.2 Å². The highest BCUT2D eigenvalue weighted by molar-refractivity contribution is 5.67. The molecule has 3 heteroatoms. The van der Waals surface area contributed by atoms with Gasteiger partial charge in [-0.1, -0.05) is 65.2 Å². The Bertz CT molecular complexity index is 202. The molecule has 0 aliphatic heterocycles. The first-order valence-electron chi connectivity index (χ1n) is 7.42. The van der Waals surface area contributed by atoms with Crippen LogP contribution in [0.3, 0.4) is 0 Å². The first kappa shape index (κ1) is 17.4. The fourth-order valence-electron chi connectivity index (χ4n) is 2.12. The van der Waals surface area contributed by atoms with Gasteiger partial charge in [-0.3, -0.25) is 4.79 Å². The smallest absolute Gasteiger partial charge is 0.305 e. The van der Waals surface area contributed by atoms with Crippen molar-refractivity contribution in [1.82, 2.24) is 0 Å². The van der Waals surface area contributed by atoms with E-state index in [2.05, 4.69) is 13.8 Å². The van der Waals surface area contributed by atoms with Gasteiger partial charge in [0.1, 0.15) is 0 Å². The second-order valence-electron chi connectivity index (χ2n) is 5.70. The lowest BCUT2D eigenvalue weighted by Crippen LogP contribution is -2.12. The topological polar surface area (TPSA) is 57.5 Å². The summed E-state index contributed by atoms with van der Waals surface area (Å²) in [7, 11) is 0. The van der Waals surface area contributed by atoms with Crippen LogP contribution in [0.2, 0.25) is 0 Å². The van der Waals surface area contributed by atoms with Crippen molar-refractivity contribution in [2.45, 2.75) is 84.2 Å². The van der Waals surface area contributed by atoms with Gasteiger partial charge >= 0.3 is 5.97 Å². The summed E-state index contributed by atoms with van der Waals surface area (Å²) in [6, 6.07) is 0. The molecule has 0 bridgehead atoms. The van der Waals surface area contributed by atoms with Gasteiger partial charge in [0, 0.05) is 0 Å². The Labute approximate surface area is 112 Å². The summed E-state index contributed by atoms with van der Waals surface area (Å²) in [6.45, 7) is 4.53. The lowest BCUT2D eigenvalue weighted by atomic mass is 10.0. The Balaban J connectivity index is 3.14. The summed E-state index contributed by atoms with van der Waals surface area (Å²) < 4.78 is 0. The third-order valence-corrected chi connectivity index (χ3v) is 3.23. The molecule has 0 aromatic heterocycles. The minimum absolute atomic E-state index is 0.116. The number of rotatable bonds is 12. The molecule has 0 saturated carbocycles. The van der Waals surface area contributed by atoms with Crippen LogP contribution >= 0.6 is 0 Å². The van der Waals surface area contributed by atoms with Crippen molar-refractivity contribution in [3.05, 3.63) is 0 Å². The summed E-state index contributed by atoms with van der Waals surface area (Å²) in [5.41, 5.74) is 0. The summed E-state index contributed by atoms with van der Waals surface area (Å²) >= 11 is 0. The highest BCUT2D eigenvalue weighted by atomic mass is 16.4. The summed E-state index contributed by atoms with van der Waals surface area (Å²) in [5.74, 6) is -0.0895. The molecule has 0 fully saturated rings. The lowest BCUT2D eigenvalue weighted by molar-refractivity contribution is -0.139. The first-order valence-corrected chi connectivity index (χ1v) is 7.42. The molecule has 0 saturated heterocycles. The summed E-state index contributed by atoms with van der Waals surface area (Å²) in [6.07, 6.45) is 9.71. The van der Waals surface area contributed by atoms with E-state index in [0.29, 0.717) is 6.42 Å². The van der Waals surface area contributed by atoms with Gasteiger partial charge in [0.2, 0.25) is 0 Å². The van der Waals surface area contributed by atoms with Crippen LogP contribution in [-0.2, 0) is 4.79 Å². The third kappa shape index (κ3) is 13.5. The van der Waals surface area contributed by atoms with Crippen LogP contribution in [0.15, 0.2) is 0 Å². The Morgan fingerprint density at radius 2 is 1.33 bits per heavy atom. The van der Waals surface area contributed by atoms with Gasteiger partial charge in [-0.05, 0) is 12.3 Å². The van der Waals surface area contributed by atoms with Crippen LogP contribution in [0, 0.1) is 5.92 Å². The molecule has 0 radical (unpaired) electrons. The molecule has 0 aliphatic rings. The second-order valence-corrected chi connectivity index (χ2v) is 5.70. The van der Waals surface area contributed by atoms with Crippen molar-refractivity contribution in [2.24, 2.45) is 5.92 Å². The molecule has 0 spiro atoms. The quantitative estimate of drug-likeness (QED) is 0.520. The van der Waals surface area contributed by atoms with Crippen LogP contribution in [0.25, 0.3) is 0 Å². The maximum atomic E-state index is 10.3. The average molecular weight is 258 g/mol. The van der Waals surface area contributed by atoms with Crippen LogP contribution in [0.5, 0.6) is 0 Å². The van der Waals surface area contributed by atoms with E-state index in [1.54, 1.807) is 0 Å². The molecule has 2 N–H and O–H groups in total. The SMILES string of the molecule is CC(C)CCCCCCCCCC(O)CC(=O)O. The highest BCUT2D eigenvalue weighted by Gasteiger charge is 2.08. The number of carboxylic acid groups (broad SMARTS) is 1. The largest absolute Gasteiger partial charge is 0.481 e. The molecule has 0 amide bonds. The normalized spacial score (nSPS) is 12.9. The number of aliphatic carboxylic acids is 1. The van der Waals surface area contributed by atoms with Crippen molar-refractivity contribution in [2.75, 3.05) is 0 Å². The van der Waals surface area contributed by atoms with Crippen LogP contribution in [0.1, 0.15) is 78.1 Å². The molecule has 1 atom stereocenters. The van der Waals surface area contributed by atoms with Crippen molar-refractivity contribution < 1.29 is 15.0 Å². The summed E-state index contributed by atoms with van der Waals surface area (Å²) in [5, 5.41) is 17.8. The molecule has 0 heterocycles. The van der Waals surface area contributed by atoms with Gasteiger partial charge in [0.05, 0.1) is 12.5 Å². The predicted molar refractivity (Wildman–Crippen MR) is 74.7 cm³/mol. The minimum atomic E-state index is -0.910. The zero-order chi connectivity index (χ0) is 13.8. The third-order valence-electron chi connectivity index (χ3n) is 3.23. The van der Waals surface area contributed by atoms with Gasteiger partial charge in [-0.2, -0.15) is 0 Å². The first-order chi connectivity index (χ1) is 8.52. The van der Waals surface area contributed by atoms with E-state index in [-0.39, 0.29) is 6.42 Å². The van der Waals surface area contributed by atoms with Crippen molar-refractivity contribution >= 4 is 5.97 Å². The number of carbonyl (C=O) groups is 1. The number of hydrogen-bond donors (Lipinski definition) is 2. The van der Waals surface area contributed by atoms with Crippen molar-refractivity contribution in [3.63, 3.8) is 0 Å². The lowest BCUT2D eigenvalue weighted by Gasteiger charge is -2.07. The molecular formula is C15H30O3. The fourth-order valence-corrected chi connectivity index (χ4v) is 2.12. The van der Waals surface area contributed by atoms with Crippen molar-refractivity contribution in [1.29, 1.82) is 0 Å². The Morgan fingerprint density at radius 3 is 1.78 bits per heavy atom. The molecule has 3 nitrogen and oxygen atoms in total. The van der Waals surface area contributed by atoms with Crippen LogP contribution < -0.4 is 0 Å². The Kier molecular flexibility index (Phi) is 11.2. The summed E-state index contributed by atoms with van der Waals surface area (Å²) in [4.78, 5) is 10.3. The van der Waals surface area contributed by atoms with E-state index >= 15 is 0 Å². The van der Waals surface area contributed by atoms with Gasteiger partial charge in [-0.25, -0.2) is 0 Å². The maximum Gasteiger partial charge on any atom is 0.305 e. The second kappa shape index (κ2) is 11.5. The molecule has 0 aromatic rings. The molecular weight excluding hydrogens is 228 g/mol. The molecule has 0 aliphatic carbocycles. The zero-order valence-corrected chi connectivity index (χ0v) is 12.0. The molecule has 108 valence electrons. The average Bonchev–Trinajstić information content (AvgIpc) is 2.25. The predicted octanol–water partition coefficient (Wildman–Crippen LogP) is 3.99. The number of hydrogen-bond acceptors (Lipinski definition) is 2. The molecule has 0 rings (SSSR count). The standard InChI is InChI=1S/C15H30O3/c1-13(2)10-8-6-4-3-5-7-9-11-14(16)12-15(17)18/h13-14,16H,3-12H2,1-2H3,(H,17,18). The maximum absolute atomic E-state index is 10.3. The number of unbranched alkanes of at least 4 members (excludes halogenated alkanes) is 6. The van der Waals surface area contributed by atoms with E-state index in [9.17, 15) is 9.90 Å². The molecule has 0 aromatic carbocycles. The van der Waals surface area contributed by atoms with Crippen LogP contribution in [-0.4, -0.2) is 22.3 Å². The van der Waals surface area contributed by atoms with E-state index in [4.69, 9.17) is 5.11 Å². The fraction of sp³-hybridized carbons (Fsp3) is 0.933. The van der Waals surface area contributed by atoms with Gasteiger partial charge in [0.25, 0.3) is 0 Å². The van der Waals surface area contributed by atoms with E-state index < -0.39 is 12.1 Å². The Hall–Kier alpha value is -0.570. The number of aliphatic hydroxyl groups excluding tert-OH is 1. The minimum Gasteiger partial charge on any atom is -0.481 e. The van der Waals surface area contributed by atoms with Crippen LogP contribution in [0.4, 0.5) is 0 Å². The highest BCUT2D eigenvalue weighted by Crippen LogP contribution is 2.13. The van der Waals surface area contributed by atoms with E-state index in [1.165, 1.54) is 38.5 Å². The van der Waals surface area contributed by atoms with Crippen molar-refractivity contribution in [3.8, 4) is 0 Å². The molecule has 18 heavy (non-hydrogen) atoms. The van der Waals surface area contributed by atoms with E-state index in [1.807, 2.05) is 0 Å². The monoisotopic (exact) mass is 258 g/mol. The van der Waals surface area contributed by atoms with Gasteiger partial charge in [-0.15, -0.1) is 0 Å². The molecule has 1 unspecified atom stereocenters. The number of carboxylic acids is 1. The number of aliphatic hydroxyl groups is 1. The zero-order valence-electron chi connectivity index (χ0n) is 12.0. The Morgan fingerprint density at radius 1 is 0.889 bits per heavy atom.